The minimum Gasteiger partial charge on any atom is -0.334 e. The van der Waals surface area contributed by atoms with Crippen molar-refractivity contribution < 1.29 is 4.79 Å². The number of nitrogens with zero attached hydrogens (tertiary/aromatic N) is 5. The second kappa shape index (κ2) is 7.66. The third-order valence-electron chi connectivity index (χ3n) is 5.49. The Hall–Kier alpha value is -3.22. The average molecular weight is 391 g/mol. The normalized spacial score (nSPS) is 14.3. The molecule has 0 saturated heterocycles. The van der Waals surface area contributed by atoms with Gasteiger partial charge in [0.25, 0.3) is 11.5 Å². The van der Waals surface area contributed by atoms with Gasteiger partial charge in [-0.15, -0.1) is 0 Å². The van der Waals surface area contributed by atoms with E-state index in [1.807, 2.05) is 46.2 Å². The number of rotatable bonds is 4. The molecule has 0 radical (unpaired) electrons. The Morgan fingerprint density at radius 2 is 2.00 bits per heavy atom. The zero-order valence-corrected chi connectivity index (χ0v) is 17.1. The van der Waals surface area contributed by atoms with Gasteiger partial charge < -0.3 is 9.47 Å². The summed E-state index contributed by atoms with van der Waals surface area (Å²) in [5.74, 6) is 0.677. The summed E-state index contributed by atoms with van der Waals surface area (Å²) in [6.45, 7) is 7.84. The van der Waals surface area contributed by atoms with Crippen LogP contribution in [-0.2, 0) is 6.54 Å². The standard InChI is InChI=1S/C22H25N5O2/c1-4-11-26-15(2)19(14-23-26)22(29)25-12-9-17(10-13-25)27-16(3)24-21(28)18-7-5-6-8-20(18)27/h5-9,14H,4,10-13H2,1-3H3. The van der Waals surface area contributed by atoms with Crippen LogP contribution in [0.15, 0.2) is 41.3 Å². The summed E-state index contributed by atoms with van der Waals surface area (Å²) in [6.07, 6.45) is 5.41. The number of carbonyl (C=O) groups excluding carboxylic acids is 1. The smallest absolute Gasteiger partial charge is 0.280 e. The summed E-state index contributed by atoms with van der Waals surface area (Å²) >= 11 is 0. The van der Waals surface area contributed by atoms with Gasteiger partial charge in [0.2, 0.25) is 0 Å². The van der Waals surface area contributed by atoms with Gasteiger partial charge in [-0.05, 0) is 38.5 Å². The number of aryl methyl sites for hydroxylation is 2. The van der Waals surface area contributed by atoms with E-state index in [0.29, 0.717) is 36.3 Å². The monoisotopic (exact) mass is 391 g/mol. The molecule has 4 rings (SSSR count). The minimum atomic E-state index is -0.206. The second-order valence-corrected chi connectivity index (χ2v) is 7.38. The van der Waals surface area contributed by atoms with Crippen LogP contribution < -0.4 is 5.56 Å². The maximum absolute atomic E-state index is 13.0. The van der Waals surface area contributed by atoms with Crippen LogP contribution in [0, 0.1) is 13.8 Å². The Morgan fingerprint density at radius 1 is 1.21 bits per heavy atom. The zero-order chi connectivity index (χ0) is 20.5. The molecule has 0 unspecified atom stereocenters. The lowest BCUT2D eigenvalue weighted by molar-refractivity contribution is 0.0771. The van der Waals surface area contributed by atoms with Crippen molar-refractivity contribution in [1.82, 2.24) is 24.2 Å². The lowest BCUT2D eigenvalue weighted by Crippen LogP contribution is -2.35. The Labute approximate surface area is 169 Å². The molecular formula is C22H25N5O2. The fourth-order valence-electron chi connectivity index (χ4n) is 3.95. The molecule has 1 aromatic carbocycles. The number of aromatic nitrogens is 4. The summed E-state index contributed by atoms with van der Waals surface area (Å²) in [6, 6.07) is 7.52. The molecule has 3 heterocycles. The Bertz CT molecular complexity index is 1170. The van der Waals surface area contributed by atoms with Crippen LogP contribution in [0.2, 0.25) is 0 Å². The van der Waals surface area contributed by atoms with E-state index < -0.39 is 0 Å². The number of amides is 1. The fraction of sp³-hybridized carbons (Fsp3) is 0.364. The molecule has 1 aliphatic rings. The van der Waals surface area contributed by atoms with Gasteiger partial charge in [-0.25, -0.2) is 0 Å². The van der Waals surface area contributed by atoms with Crippen molar-refractivity contribution >= 4 is 22.5 Å². The van der Waals surface area contributed by atoms with Crippen molar-refractivity contribution in [2.45, 2.75) is 40.2 Å². The van der Waals surface area contributed by atoms with Crippen molar-refractivity contribution in [2.24, 2.45) is 0 Å². The molecule has 0 N–H and O–H groups in total. The van der Waals surface area contributed by atoms with Crippen LogP contribution in [0.5, 0.6) is 0 Å². The van der Waals surface area contributed by atoms with Crippen molar-refractivity contribution in [3.8, 4) is 0 Å². The van der Waals surface area contributed by atoms with Crippen LogP contribution in [-0.4, -0.2) is 43.2 Å². The predicted molar refractivity (Wildman–Crippen MR) is 113 cm³/mol. The van der Waals surface area contributed by atoms with Gasteiger partial charge in [0.15, 0.2) is 0 Å². The maximum Gasteiger partial charge on any atom is 0.280 e. The van der Waals surface area contributed by atoms with E-state index in [0.717, 1.165) is 29.9 Å². The first-order chi connectivity index (χ1) is 14.0. The molecule has 0 fully saturated rings. The van der Waals surface area contributed by atoms with E-state index in [4.69, 9.17) is 0 Å². The molecule has 2 aromatic heterocycles. The molecule has 7 nitrogen and oxygen atoms in total. The van der Waals surface area contributed by atoms with E-state index in [-0.39, 0.29) is 11.5 Å². The van der Waals surface area contributed by atoms with Crippen LogP contribution in [0.1, 0.15) is 41.6 Å². The lowest BCUT2D eigenvalue weighted by atomic mass is 10.1. The van der Waals surface area contributed by atoms with Crippen molar-refractivity contribution in [3.63, 3.8) is 0 Å². The molecule has 0 bridgehead atoms. The molecule has 7 heteroatoms. The minimum absolute atomic E-state index is 0.0137. The van der Waals surface area contributed by atoms with Gasteiger partial charge in [-0.3, -0.25) is 14.3 Å². The van der Waals surface area contributed by atoms with E-state index in [2.05, 4.69) is 23.1 Å². The first-order valence-electron chi connectivity index (χ1n) is 10.0. The van der Waals surface area contributed by atoms with Gasteiger partial charge in [-0.1, -0.05) is 19.1 Å². The van der Waals surface area contributed by atoms with Gasteiger partial charge in [0.1, 0.15) is 5.82 Å². The van der Waals surface area contributed by atoms with Gasteiger partial charge in [0.05, 0.1) is 22.7 Å². The first-order valence-corrected chi connectivity index (χ1v) is 10.0. The molecule has 150 valence electrons. The first kappa shape index (κ1) is 19.1. The van der Waals surface area contributed by atoms with E-state index in [1.54, 1.807) is 12.3 Å². The van der Waals surface area contributed by atoms with Gasteiger partial charge >= 0.3 is 0 Å². The second-order valence-electron chi connectivity index (χ2n) is 7.38. The molecule has 0 atom stereocenters. The lowest BCUT2D eigenvalue weighted by Gasteiger charge is -2.28. The highest BCUT2D eigenvalue weighted by molar-refractivity contribution is 5.95. The van der Waals surface area contributed by atoms with E-state index in [1.165, 1.54) is 0 Å². The highest BCUT2D eigenvalue weighted by atomic mass is 16.2. The third kappa shape index (κ3) is 3.37. The predicted octanol–water partition coefficient (Wildman–Crippen LogP) is 3.01. The molecule has 0 saturated carbocycles. The summed E-state index contributed by atoms with van der Waals surface area (Å²) < 4.78 is 3.92. The summed E-state index contributed by atoms with van der Waals surface area (Å²) in [5, 5.41) is 4.96. The number of para-hydroxylation sites is 1. The molecule has 0 spiro atoms. The maximum atomic E-state index is 13.0. The third-order valence-corrected chi connectivity index (χ3v) is 5.49. The Kier molecular flexibility index (Phi) is 5.05. The largest absolute Gasteiger partial charge is 0.334 e. The van der Waals surface area contributed by atoms with Crippen LogP contribution in [0.3, 0.4) is 0 Å². The van der Waals surface area contributed by atoms with Crippen LogP contribution in [0.4, 0.5) is 0 Å². The molecule has 29 heavy (non-hydrogen) atoms. The Balaban J connectivity index is 1.62. The quantitative estimate of drug-likeness (QED) is 0.685. The van der Waals surface area contributed by atoms with Gasteiger partial charge in [0, 0.05) is 37.4 Å². The van der Waals surface area contributed by atoms with E-state index >= 15 is 0 Å². The number of carbonyl (C=O) groups is 1. The van der Waals surface area contributed by atoms with E-state index in [9.17, 15) is 9.59 Å². The van der Waals surface area contributed by atoms with Gasteiger partial charge in [-0.2, -0.15) is 10.1 Å². The fourth-order valence-corrected chi connectivity index (χ4v) is 3.95. The topological polar surface area (TPSA) is 73.0 Å². The number of fused-ring (bicyclic) bond motifs is 1. The van der Waals surface area contributed by atoms with Crippen molar-refractivity contribution in [3.05, 3.63) is 64.0 Å². The van der Waals surface area contributed by atoms with Crippen LogP contribution >= 0.6 is 0 Å². The van der Waals surface area contributed by atoms with Crippen molar-refractivity contribution in [2.75, 3.05) is 13.1 Å². The number of benzene rings is 1. The summed E-state index contributed by atoms with van der Waals surface area (Å²) in [4.78, 5) is 31.2. The average Bonchev–Trinajstić information content (AvgIpc) is 3.09. The molecule has 1 aliphatic heterocycles. The highest BCUT2D eigenvalue weighted by Crippen LogP contribution is 2.23. The molecule has 1 amide bonds. The zero-order valence-electron chi connectivity index (χ0n) is 17.1. The van der Waals surface area contributed by atoms with Crippen molar-refractivity contribution in [1.29, 1.82) is 0 Å². The summed E-state index contributed by atoms with van der Waals surface area (Å²) in [5.41, 5.74) is 3.29. The molecule has 0 aliphatic carbocycles. The SMILES string of the molecule is CCCn1ncc(C(=O)N2CC=C(n3c(C)nc(=O)c4ccccc43)CC2)c1C. The van der Waals surface area contributed by atoms with Crippen LogP contribution in [0.25, 0.3) is 16.6 Å². The molecule has 3 aromatic rings. The summed E-state index contributed by atoms with van der Waals surface area (Å²) in [7, 11) is 0. The number of hydrogen-bond donors (Lipinski definition) is 0. The highest BCUT2D eigenvalue weighted by Gasteiger charge is 2.23. The Morgan fingerprint density at radius 3 is 2.72 bits per heavy atom. The number of hydrogen-bond acceptors (Lipinski definition) is 4. The molecular weight excluding hydrogens is 366 g/mol.